The van der Waals surface area contributed by atoms with Gasteiger partial charge < -0.3 is 39.7 Å². The van der Waals surface area contributed by atoms with Crippen LogP contribution in [-0.4, -0.2) is 116 Å². The Balaban J connectivity index is 2.17. The number of phosphoric ester groups is 1. The Bertz CT molecular complexity index is 1780. The number of benzene rings is 2. The number of carbonyl (C=O) groups excluding carboxylic acids is 5. The van der Waals surface area contributed by atoms with E-state index in [0.29, 0.717) is 22.2 Å². The van der Waals surface area contributed by atoms with Gasteiger partial charge in [0.1, 0.15) is 50.7 Å². The molecule has 54 heavy (non-hydrogen) atoms. The molecule has 1 unspecified atom stereocenters. The average Bonchev–Trinajstić information content (AvgIpc) is 3.08. The molecule has 4 N–H and O–H groups in total. The van der Waals surface area contributed by atoms with Gasteiger partial charge in [0.15, 0.2) is 0 Å². The van der Waals surface area contributed by atoms with E-state index in [9.17, 15) is 43.5 Å². The smallest absolute Gasteiger partial charge is 0.429 e. The van der Waals surface area contributed by atoms with Crippen molar-refractivity contribution in [3.05, 3.63) is 74.1 Å². The van der Waals surface area contributed by atoms with Gasteiger partial charge >= 0.3 is 14.0 Å². The number of nitrogens with one attached hydrogen (secondary N) is 3. The summed E-state index contributed by atoms with van der Waals surface area (Å²) in [5.74, 6) is -2.82. The molecule has 0 bridgehead atoms. The Morgan fingerprint density at radius 3 is 2.28 bits per heavy atom. The average molecular weight is 781 g/mol. The van der Waals surface area contributed by atoms with Gasteiger partial charge in [-0.2, -0.15) is 0 Å². The summed E-state index contributed by atoms with van der Waals surface area (Å²) in [6.07, 6.45) is -1.15. The number of quaternary nitrogens is 1. The molecule has 4 amide bonds. The lowest BCUT2D eigenvalue weighted by atomic mass is 10.1. The zero-order valence-electron chi connectivity index (χ0n) is 30.4. The predicted molar refractivity (Wildman–Crippen MR) is 189 cm³/mol. The highest BCUT2D eigenvalue weighted by molar-refractivity contribution is 7.47. The summed E-state index contributed by atoms with van der Waals surface area (Å²) in [5.41, 5.74) is 9.00. The molecule has 0 aliphatic rings. The maximum atomic E-state index is 13.0. The van der Waals surface area contributed by atoms with Gasteiger partial charge in [0.25, 0.3) is 5.69 Å². The number of nitro benzene ring substituents is 1. The largest absolute Gasteiger partial charge is 0.514 e. The number of amides is 4. The molecule has 0 aliphatic carbocycles. The van der Waals surface area contributed by atoms with Gasteiger partial charge in [-0.3, -0.25) is 38.3 Å². The number of hydrogen-bond donors (Lipinski definition) is 4. The Morgan fingerprint density at radius 1 is 1.02 bits per heavy atom. The second-order valence-corrected chi connectivity index (χ2v) is 14.1. The van der Waals surface area contributed by atoms with Crippen LogP contribution in [0.5, 0.6) is 5.75 Å². The van der Waals surface area contributed by atoms with E-state index in [0.717, 1.165) is 17.0 Å². The first-order valence-electron chi connectivity index (χ1n) is 16.0. The molecule has 0 aliphatic heterocycles. The molecule has 0 aromatic heterocycles. The number of azide groups is 1. The number of nitro groups is 1. The van der Waals surface area contributed by atoms with Crippen molar-refractivity contribution in [3.63, 3.8) is 0 Å². The SMILES string of the molecule is C[C@H](NC(=O)CN=[N+]=[N-])C(=O)N[C@@H](C)C(=O)Nc1ccc(COC(=O)Oc2ccc([N+](=O)[O-])cc2)c(CN(C)C(=O)COP(=O)(O)OCC[N+](C)(C)C)c1. The van der Waals surface area contributed by atoms with Crippen LogP contribution in [0, 0.1) is 10.1 Å². The van der Waals surface area contributed by atoms with Crippen molar-refractivity contribution in [2.24, 2.45) is 5.11 Å². The highest BCUT2D eigenvalue weighted by atomic mass is 31.2. The van der Waals surface area contributed by atoms with Crippen LogP contribution in [0.3, 0.4) is 0 Å². The fraction of sp³-hybridized carbons (Fsp3) is 0.452. The van der Waals surface area contributed by atoms with E-state index in [2.05, 4.69) is 26.0 Å². The molecule has 0 heterocycles. The highest BCUT2D eigenvalue weighted by Gasteiger charge is 2.26. The number of nitrogens with zero attached hydrogens (tertiary/aromatic N) is 6. The number of rotatable bonds is 20. The first-order chi connectivity index (χ1) is 25.2. The molecule has 0 fully saturated rings. The monoisotopic (exact) mass is 780 g/mol. The van der Waals surface area contributed by atoms with Crippen LogP contribution in [0.2, 0.25) is 0 Å². The maximum absolute atomic E-state index is 13.0. The minimum Gasteiger partial charge on any atom is -0.429 e. The van der Waals surface area contributed by atoms with Crippen molar-refractivity contribution < 1.29 is 61.4 Å². The third kappa shape index (κ3) is 16.4. The Morgan fingerprint density at radius 2 is 1.67 bits per heavy atom. The van der Waals surface area contributed by atoms with Crippen LogP contribution >= 0.6 is 7.82 Å². The van der Waals surface area contributed by atoms with Gasteiger partial charge in [-0.15, -0.1) is 0 Å². The highest BCUT2D eigenvalue weighted by Crippen LogP contribution is 2.43. The van der Waals surface area contributed by atoms with Crippen molar-refractivity contribution in [1.29, 1.82) is 0 Å². The van der Waals surface area contributed by atoms with E-state index in [1.807, 2.05) is 21.1 Å². The maximum Gasteiger partial charge on any atom is 0.514 e. The van der Waals surface area contributed by atoms with Gasteiger partial charge in [0.2, 0.25) is 23.6 Å². The molecule has 0 saturated heterocycles. The van der Waals surface area contributed by atoms with E-state index in [1.54, 1.807) is 0 Å². The number of anilines is 1. The minimum absolute atomic E-state index is 0.0250. The van der Waals surface area contributed by atoms with E-state index in [-0.39, 0.29) is 30.3 Å². The summed E-state index contributed by atoms with van der Waals surface area (Å²) < 4.78 is 32.9. The number of non-ortho nitro benzene ring substituents is 1. The zero-order chi connectivity index (χ0) is 40.6. The van der Waals surface area contributed by atoms with E-state index in [1.165, 1.54) is 51.2 Å². The van der Waals surface area contributed by atoms with Crippen molar-refractivity contribution >= 4 is 49.0 Å². The van der Waals surface area contributed by atoms with Crippen LogP contribution in [0.1, 0.15) is 25.0 Å². The van der Waals surface area contributed by atoms with Crippen LogP contribution < -0.4 is 20.7 Å². The Kier molecular flexibility index (Phi) is 17.0. The van der Waals surface area contributed by atoms with Crippen LogP contribution in [0.25, 0.3) is 10.4 Å². The van der Waals surface area contributed by atoms with Crippen LogP contribution in [0.15, 0.2) is 47.6 Å². The normalized spacial score (nSPS) is 13.2. The first-order valence-corrected chi connectivity index (χ1v) is 17.5. The summed E-state index contributed by atoms with van der Waals surface area (Å²) in [7, 11) is 2.37. The topological polar surface area (TPSA) is 291 Å². The molecule has 2 aromatic rings. The van der Waals surface area contributed by atoms with Gasteiger partial charge in [-0.25, -0.2) is 9.36 Å². The quantitative estimate of drug-likeness (QED) is 0.0173. The van der Waals surface area contributed by atoms with E-state index < -0.39 is 74.4 Å². The molecule has 0 spiro atoms. The molecular weight excluding hydrogens is 737 g/mol. The lowest BCUT2D eigenvalue weighted by molar-refractivity contribution is -0.870. The Hall–Kier alpha value is -5.63. The van der Waals surface area contributed by atoms with Crippen molar-refractivity contribution in [1.82, 2.24) is 15.5 Å². The van der Waals surface area contributed by atoms with Crippen LogP contribution in [0.4, 0.5) is 16.2 Å². The summed E-state index contributed by atoms with van der Waals surface area (Å²) in [6, 6.07) is 6.91. The van der Waals surface area contributed by atoms with E-state index >= 15 is 0 Å². The van der Waals surface area contributed by atoms with Crippen molar-refractivity contribution in [2.45, 2.75) is 39.1 Å². The number of ether oxygens (including phenoxy) is 2. The molecule has 0 radical (unpaired) electrons. The third-order valence-electron chi connectivity index (χ3n) is 7.07. The van der Waals surface area contributed by atoms with Crippen LogP contribution in [-0.2, 0) is 50.7 Å². The summed E-state index contributed by atoms with van der Waals surface area (Å²) >= 11 is 0. The zero-order valence-corrected chi connectivity index (χ0v) is 31.3. The first kappa shape index (κ1) is 44.5. The van der Waals surface area contributed by atoms with Gasteiger partial charge in [-0.05, 0) is 54.8 Å². The standard InChI is InChI=1S/C31H42N9O13P/c1-20(34-27(41)16-33-37-32)29(43)35-21(2)30(44)36-24-8-7-22(18-50-31(45)53-26-11-9-25(10-12-26)39(46)47)23(15-24)17-38(3)28(42)19-52-54(48,49)51-14-13-40(4,5)6/h7-12,15,20-21H,13-14,16-19H2,1-6H3,(H3-,34,35,36,41,43,44,48,49)/p+1/t20-,21-/m0/s1. The number of carbonyl (C=O) groups is 5. The van der Waals surface area contributed by atoms with Crippen molar-refractivity contribution in [2.75, 3.05) is 59.8 Å². The van der Waals surface area contributed by atoms with Gasteiger partial charge in [0, 0.05) is 36.3 Å². The summed E-state index contributed by atoms with van der Waals surface area (Å²) in [5, 5.41) is 21.4. The predicted octanol–water partition coefficient (Wildman–Crippen LogP) is 2.37. The Labute approximate surface area is 309 Å². The van der Waals surface area contributed by atoms with Crippen molar-refractivity contribution in [3.8, 4) is 5.75 Å². The van der Waals surface area contributed by atoms with E-state index in [4.69, 9.17) is 24.1 Å². The number of phosphoric acid groups is 1. The second kappa shape index (κ2) is 20.6. The lowest BCUT2D eigenvalue weighted by Gasteiger charge is -2.24. The van der Waals surface area contributed by atoms with Gasteiger partial charge in [0.05, 0.1) is 26.1 Å². The lowest BCUT2D eigenvalue weighted by Crippen LogP contribution is -2.50. The fourth-order valence-corrected chi connectivity index (χ4v) is 4.71. The molecule has 3 atom stereocenters. The third-order valence-corrected chi connectivity index (χ3v) is 8.03. The summed E-state index contributed by atoms with van der Waals surface area (Å²) in [4.78, 5) is 86.5. The number of hydrogen-bond acceptors (Lipinski definition) is 13. The minimum atomic E-state index is -4.56. The molecular formula is C31H43N9O13P+. The second-order valence-electron chi connectivity index (χ2n) is 12.6. The fourth-order valence-electron chi connectivity index (χ4n) is 4.05. The van der Waals surface area contributed by atoms with Gasteiger partial charge in [-0.1, -0.05) is 11.2 Å². The summed E-state index contributed by atoms with van der Waals surface area (Å²) in [6.45, 7) is 1.13. The molecule has 22 nitrogen and oxygen atoms in total. The molecule has 2 aromatic carbocycles. The molecule has 294 valence electrons. The molecule has 2 rings (SSSR count). The number of likely N-dealkylation sites (N-methyl/N-ethyl adjacent to an activating group) is 2. The molecule has 0 saturated carbocycles. The molecule has 23 heteroatoms.